The van der Waals surface area contributed by atoms with E-state index in [2.05, 4.69) is 30.9 Å². The molecule has 0 aliphatic rings. The van der Waals surface area contributed by atoms with Crippen LogP contribution in [0.15, 0.2) is 36.4 Å². The van der Waals surface area contributed by atoms with Crippen molar-refractivity contribution in [3.05, 3.63) is 42.0 Å². The van der Waals surface area contributed by atoms with Gasteiger partial charge in [0, 0.05) is 5.56 Å². The maximum absolute atomic E-state index is 8.71. The van der Waals surface area contributed by atoms with Gasteiger partial charge in [0.25, 0.3) is 0 Å². The molecule has 2 rings (SSSR count). The first-order chi connectivity index (χ1) is 9.83. The highest BCUT2D eigenvalue weighted by molar-refractivity contribution is 5.85. The molecule has 20 heavy (non-hydrogen) atoms. The fourth-order valence-corrected chi connectivity index (χ4v) is 2.08. The van der Waals surface area contributed by atoms with Gasteiger partial charge in [-0.25, -0.2) is 0 Å². The molecule has 0 aliphatic heterocycles. The van der Waals surface area contributed by atoms with Crippen molar-refractivity contribution in [2.45, 2.75) is 26.2 Å². The van der Waals surface area contributed by atoms with Gasteiger partial charge in [-0.15, -0.1) is 0 Å². The molecule has 0 amide bonds. The zero-order chi connectivity index (χ0) is 14.2. The van der Waals surface area contributed by atoms with E-state index in [0.717, 1.165) is 35.1 Å². The van der Waals surface area contributed by atoms with E-state index in [1.54, 1.807) is 0 Å². The Balaban J connectivity index is 2.10. The van der Waals surface area contributed by atoms with Crippen LogP contribution in [-0.4, -0.2) is 18.3 Å². The van der Waals surface area contributed by atoms with Crippen LogP contribution < -0.4 is 4.74 Å². The van der Waals surface area contributed by atoms with Gasteiger partial charge in [-0.2, -0.15) is 0 Å². The first-order valence-corrected chi connectivity index (χ1v) is 7.10. The number of hydrogen-bond acceptors (Lipinski definition) is 2. The van der Waals surface area contributed by atoms with Crippen LogP contribution in [0.2, 0.25) is 0 Å². The standard InChI is InChI=1S/C18H20O2/c1-2-3-4-12-20-18-10-9-16-13-15(6-5-11-19)7-8-17(16)14-18/h7-10,13-14,19H,2-4,11-12H2,1H3. The zero-order valence-electron chi connectivity index (χ0n) is 11.9. The highest BCUT2D eigenvalue weighted by Gasteiger charge is 1.99. The molecule has 0 aliphatic carbocycles. The monoisotopic (exact) mass is 268 g/mol. The molecule has 0 aromatic heterocycles. The lowest BCUT2D eigenvalue weighted by Crippen LogP contribution is -1.96. The molecule has 0 unspecified atom stereocenters. The third-order valence-electron chi connectivity index (χ3n) is 3.14. The molecule has 0 heterocycles. The highest BCUT2D eigenvalue weighted by atomic mass is 16.5. The maximum atomic E-state index is 8.71. The van der Waals surface area contributed by atoms with E-state index in [1.165, 1.54) is 12.8 Å². The van der Waals surface area contributed by atoms with Crippen LogP contribution in [0.4, 0.5) is 0 Å². The summed E-state index contributed by atoms with van der Waals surface area (Å²) in [5.41, 5.74) is 0.920. The highest BCUT2D eigenvalue weighted by Crippen LogP contribution is 2.22. The molecular formula is C18H20O2. The number of fused-ring (bicyclic) bond motifs is 1. The van der Waals surface area contributed by atoms with E-state index in [4.69, 9.17) is 9.84 Å². The van der Waals surface area contributed by atoms with Gasteiger partial charge >= 0.3 is 0 Å². The van der Waals surface area contributed by atoms with Gasteiger partial charge in [-0.3, -0.25) is 0 Å². The van der Waals surface area contributed by atoms with Crippen LogP contribution in [0.3, 0.4) is 0 Å². The molecular weight excluding hydrogens is 248 g/mol. The number of unbranched alkanes of at least 4 members (excludes halogenated alkanes) is 2. The average molecular weight is 268 g/mol. The second-order valence-electron chi connectivity index (χ2n) is 4.74. The lowest BCUT2D eigenvalue weighted by Gasteiger charge is -2.07. The average Bonchev–Trinajstić information content (AvgIpc) is 2.49. The van der Waals surface area contributed by atoms with Crippen LogP contribution in [0.5, 0.6) is 5.75 Å². The molecule has 2 aromatic carbocycles. The predicted octanol–water partition coefficient (Wildman–Crippen LogP) is 3.75. The number of ether oxygens (including phenoxy) is 1. The van der Waals surface area contributed by atoms with Gasteiger partial charge < -0.3 is 9.84 Å². The second kappa shape index (κ2) is 7.57. The summed E-state index contributed by atoms with van der Waals surface area (Å²) in [5.74, 6) is 6.50. The molecule has 0 saturated heterocycles. The van der Waals surface area contributed by atoms with Crippen molar-refractivity contribution < 1.29 is 9.84 Å². The van der Waals surface area contributed by atoms with Gasteiger partial charge in [0.1, 0.15) is 12.4 Å². The minimum atomic E-state index is -0.109. The first kappa shape index (κ1) is 14.4. The van der Waals surface area contributed by atoms with Crippen molar-refractivity contribution in [2.75, 3.05) is 13.2 Å². The van der Waals surface area contributed by atoms with Gasteiger partial charge in [-0.05, 0) is 41.5 Å². The Morgan fingerprint density at radius 3 is 2.65 bits per heavy atom. The smallest absolute Gasteiger partial charge is 0.119 e. The third-order valence-corrected chi connectivity index (χ3v) is 3.14. The Morgan fingerprint density at radius 1 is 1.05 bits per heavy atom. The maximum Gasteiger partial charge on any atom is 0.119 e. The van der Waals surface area contributed by atoms with E-state index >= 15 is 0 Å². The van der Waals surface area contributed by atoms with Crippen molar-refractivity contribution in [1.29, 1.82) is 0 Å². The Morgan fingerprint density at radius 2 is 1.85 bits per heavy atom. The summed E-state index contributed by atoms with van der Waals surface area (Å²) in [6, 6.07) is 12.1. The van der Waals surface area contributed by atoms with Gasteiger partial charge in [0.05, 0.1) is 6.61 Å². The Labute approximate surface area is 120 Å². The molecule has 0 bridgehead atoms. The van der Waals surface area contributed by atoms with Crippen molar-refractivity contribution in [3.63, 3.8) is 0 Å². The van der Waals surface area contributed by atoms with E-state index in [-0.39, 0.29) is 6.61 Å². The van der Waals surface area contributed by atoms with E-state index in [0.29, 0.717) is 0 Å². The van der Waals surface area contributed by atoms with Crippen LogP contribution >= 0.6 is 0 Å². The molecule has 0 fully saturated rings. The topological polar surface area (TPSA) is 29.5 Å². The minimum absolute atomic E-state index is 0.109. The molecule has 104 valence electrons. The summed E-state index contributed by atoms with van der Waals surface area (Å²) in [6.07, 6.45) is 3.52. The fourth-order valence-electron chi connectivity index (χ4n) is 2.08. The summed E-state index contributed by atoms with van der Waals surface area (Å²) < 4.78 is 5.75. The molecule has 0 saturated carbocycles. The molecule has 0 radical (unpaired) electrons. The van der Waals surface area contributed by atoms with Crippen LogP contribution in [0.1, 0.15) is 31.7 Å². The lowest BCUT2D eigenvalue weighted by molar-refractivity contribution is 0.306. The number of hydrogen-bond donors (Lipinski definition) is 1. The minimum Gasteiger partial charge on any atom is -0.494 e. The summed E-state index contributed by atoms with van der Waals surface area (Å²) in [4.78, 5) is 0. The normalized spacial score (nSPS) is 10.1. The molecule has 2 aromatic rings. The molecule has 0 atom stereocenters. The fraction of sp³-hybridized carbons (Fsp3) is 0.333. The quantitative estimate of drug-likeness (QED) is 0.661. The van der Waals surface area contributed by atoms with Crippen LogP contribution in [0.25, 0.3) is 10.8 Å². The molecule has 0 spiro atoms. The Kier molecular flexibility index (Phi) is 5.46. The largest absolute Gasteiger partial charge is 0.494 e. The molecule has 2 heteroatoms. The number of benzene rings is 2. The Bertz CT molecular complexity index is 620. The Hall–Kier alpha value is -1.98. The summed E-state index contributed by atoms with van der Waals surface area (Å²) in [7, 11) is 0. The van der Waals surface area contributed by atoms with Crippen LogP contribution in [-0.2, 0) is 0 Å². The lowest BCUT2D eigenvalue weighted by atomic mass is 10.1. The third kappa shape index (κ3) is 4.01. The number of rotatable bonds is 5. The van der Waals surface area contributed by atoms with Crippen molar-refractivity contribution >= 4 is 10.8 Å². The van der Waals surface area contributed by atoms with Gasteiger partial charge in [0.2, 0.25) is 0 Å². The SMILES string of the molecule is CCCCCOc1ccc2cc(C#CCO)ccc2c1. The van der Waals surface area contributed by atoms with Crippen molar-refractivity contribution in [1.82, 2.24) is 0 Å². The van der Waals surface area contributed by atoms with E-state index < -0.39 is 0 Å². The van der Waals surface area contributed by atoms with Gasteiger partial charge in [-0.1, -0.05) is 43.7 Å². The van der Waals surface area contributed by atoms with E-state index in [1.807, 2.05) is 24.3 Å². The molecule has 2 nitrogen and oxygen atoms in total. The van der Waals surface area contributed by atoms with Crippen LogP contribution in [0, 0.1) is 11.8 Å². The zero-order valence-corrected chi connectivity index (χ0v) is 11.9. The van der Waals surface area contributed by atoms with E-state index in [9.17, 15) is 0 Å². The second-order valence-corrected chi connectivity index (χ2v) is 4.74. The summed E-state index contributed by atoms with van der Waals surface area (Å²) >= 11 is 0. The molecule has 1 N–H and O–H groups in total. The van der Waals surface area contributed by atoms with Crippen molar-refractivity contribution in [3.8, 4) is 17.6 Å². The summed E-state index contributed by atoms with van der Waals surface area (Å²) in [6.45, 7) is 2.86. The number of aliphatic hydroxyl groups is 1. The first-order valence-electron chi connectivity index (χ1n) is 7.10. The van der Waals surface area contributed by atoms with Crippen molar-refractivity contribution in [2.24, 2.45) is 0 Å². The number of aliphatic hydroxyl groups excluding tert-OH is 1. The predicted molar refractivity (Wildman–Crippen MR) is 82.9 cm³/mol. The van der Waals surface area contributed by atoms with Gasteiger partial charge in [0.15, 0.2) is 0 Å². The summed E-state index contributed by atoms with van der Waals surface area (Å²) in [5, 5.41) is 11.0.